The van der Waals surface area contributed by atoms with Crippen LogP contribution in [0.5, 0.6) is 0 Å². The maximum atomic E-state index is 11.2. The van der Waals surface area contributed by atoms with Crippen LogP contribution in [0.15, 0.2) is 72.8 Å². The molecule has 3 rings (SSSR count). The van der Waals surface area contributed by atoms with Crippen LogP contribution < -0.4 is 5.46 Å². The highest BCUT2D eigenvalue weighted by Gasteiger charge is 2.09. The molecule has 0 atom stereocenters. The third-order valence-corrected chi connectivity index (χ3v) is 4.23. The van der Waals surface area contributed by atoms with Gasteiger partial charge >= 0.3 is 13.1 Å². The minimum atomic E-state index is -1.50. The van der Waals surface area contributed by atoms with Crippen molar-refractivity contribution in [2.75, 3.05) is 7.11 Å². The quantitative estimate of drug-likeness (QED) is 0.371. The van der Waals surface area contributed by atoms with E-state index in [0.717, 1.165) is 23.0 Å². The lowest BCUT2D eigenvalue weighted by Gasteiger charge is -2.04. The van der Waals surface area contributed by atoms with Gasteiger partial charge in [-0.3, -0.25) is 14.4 Å². The second-order valence-electron chi connectivity index (χ2n) is 6.35. The van der Waals surface area contributed by atoms with Crippen LogP contribution in [0.4, 0.5) is 0 Å². The lowest BCUT2D eigenvalue weighted by Crippen LogP contribution is -2.29. The molecule has 3 aromatic rings. The molecule has 0 aromatic heterocycles. The van der Waals surface area contributed by atoms with Crippen molar-refractivity contribution >= 4 is 31.1 Å². The zero-order valence-electron chi connectivity index (χ0n) is 16.4. The lowest BCUT2D eigenvalue weighted by molar-refractivity contribution is -0.139. The summed E-state index contributed by atoms with van der Waals surface area (Å²) in [4.78, 5) is 32.1. The smallest absolute Gasteiger partial charge is 0.469 e. The van der Waals surface area contributed by atoms with Crippen LogP contribution in [0.2, 0.25) is 0 Å². The van der Waals surface area contributed by atoms with Crippen LogP contribution in [0.1, 0.15) is 26.3 Å². The summed E-state index contributed by atoms with van der Waals surface area (Å²) >= 11 is 0. The molecule has 152 valence electrons. The Kier molecular flexibility index (Phi) is 8.68. The maximum absolute atomic E-state index is 11.2. The molecule has 2 N–H and O–H groups in total. The Morgan fingerprint density at radius 1 is 0.867 bits per heavy atom. The summed E-state index contributed by atoms with van der Waals surface area (Å²) in [6.07, 6.45) is 1.76. The van der Waals surface area contributed by atoms with Gasteiger partial charge in [0, 0.05) is 11.1 Å². The van der Waals surface area contributed by atoms with Crippen LogP contribution in [0.3, 0.4) is 0 Å². The molecule has 0 unspecified atom stereocenters. The molecule has 0 saturated carbocycles. The largest absolute Gasteiger partial charge is 0.488 e. The van der Waals surface area contributed by atoms with Crippen molar-refractivity contribution in [2.45, 2.75) is 6.42 Å². The Bertz CT molecular complexity index is 999. The van der Waals surface area contributed by atoms with Gasteiger partial charge in [0.25, 0.3) is 0 Å². The third kappa shape index (κ3) is 6.81. The maximum Gasteiger partial charge on any atom is 0.488 e. The third-order valence-electron chi connectivity index (χ3n) is 4.23. The molecule has 0 spiro atoms. The topological polar surface area (TPSA) is 101 Å². The van der Waals surface area contributed by atoms with Gasteiger partial charge in [-0.15, -0.1) is 0 Å². The zero-order chi connectivity index (χ0) is 21.9. The van der Waals surface area contributed by atoms with Crippen molar-refractivity contribution in [1.82, 2.24) is 0 Å². The standard InChI is InChI=1S/C16H14O3.C7H7BO3/c1-19-16(18)10-12-5-7-14(8-6-12)15-4-2-3-13(9-15)11-17;9-5-6-2-1-3-7(4-6)8(10)11/h2-9,11H,10H2,1H3;1-5,10-11H. The monoisotopic (exact) mass is 404 g/mol. The minimum Gasteiger partial charge on any atom is -0.469 e. The van der Waals surface area contributed by atoms with Crippen LogP contribution in [-0.4, -0.2) is 42.8 Å². The number of hydrogen-bond acceptors (Lipinski definition) is 6. The predicted molar refractivity (Wildman–Crippen MR) is 115 cm³/mol. The molecule has 0 radical (unpaired) electrons. The number of carbonyl (C=O) groups excluding carboxylic acids is 3. The van der Waals surface area contributed by atoms with Crippen LogP contribution in [0.25, 0.3) is 11.1 Å². The Labute approximate surface area is 174 Å². The first-order valence-electron chi connectivity index (χ1n) is 9.09. The van der Waals surface area contributed by atoms with E-state index in [9.17, 15) is 14.4 Å². The molecule has 0 amide bonds. The Morgan fingerprint density at radius 3 is 2.03 bits per heavy atom. The summed E-state index contributed by atoms with van der Waals surface area (Å²) in [6.45, 7) is 0. The fraction of sp³-hybridized carbons (Fsp3) is 0.0870. The van der Waals surface area contributed by atoms with Gasteiger partial charge in [-0.1, -0.05) is 66.7 Å². The van der Waals surface area contributed by atoms with Gasteiger partial charge < -0.3 is 14.8 Å². The molecule has 0 aliphatic heterocycles. The van der Waals surface area contributed by atoms with E-state index >= 15 is 0 Å². The number of ether oxygens (including phenoxy) is 1. The molecule has 3 aromatic carbocycles. The number of rotatable bonds is 6. The number of hydrogen-bond donors (Lipinski definition) is 2. The molecule has 0 fully saturated rings. The fourth-order valence-electron chi connectivity index (χ4n) is 2.64. The number of methoxy groups -OCH3 is 1. The fourth-order valence-corrected chi connectivity index (χ4v) is 2.64. The first kappa shape index (κ1) is 22.7. The summed E-state index contributed by atoms with van der Waals surface area (Å²) in [5, 5.41) is 17.4. The molecule has 0 bridgehead atoms. The highest BCUT2D eigenvalue weighted by Crippen LogP contribution is 2.20. The summed E-state index contributed by atoms with van der Waals surface area (Å²) < 4.78 is 4.62. The highest BCUT2D eigenvalue weighted by atomic mass is 16.5. The van der Waals surface area contributed by atoms with Crippen molar-refractivity contribution < 1.29 is 29.2 Å². The molecule has 0 aliphatic carbocycles. The van der Waals surface area contributed by atoms with E-state index in [2.05, 4.69) is 4.74 Å². The van der Waals surface area contributed by atoms with E-state index in [1.807, 2.05) is 42.5 Å². The van der Waals surface area contributed by atoms with Crippen LogP contribution in [-0.2, 0) is 16.0 Å². The predicted octanol–water partition coefficient (Wildman–Crippen LogP) is 2.06. The number of aldehydes is 2. The Balaban J connectivity index is 0.000000248. The average molecular weight is 404 g/mol. The van der Waals surface area contributed by atoms with Gasteiger partial charge in [-0.05, 0) is 28.2 Å². The molecular formula is C23H21BO6. The van der Waals surface area contributed by atoms with E-state index in [1.165, 1.54) is 19.2 Å². The SMILES string of the molecule is COC(=O)Cc1ccc(-c2cccc(C=O)c2)cc1.O=Cc1cccc(B(O)O)c1. The Hall–Kier alpha value is -3.55. The minimum absolute atomic E-state index is 0.254. The Morgan fingerprint density at radius 2 is 1.47 bits per heavy atom. The van der Waals surface area contributed by atoms with Crippen molar-refractivity contribution in [3.05, 3.63) is 89.5 Å². The molecule has 0 saturated heterocycles. The van der Waals surface area contributed by atoms with E-state index < -0.39 is 7.12 Å². The molecule has 30 heavy (non-hydrogen) atoms. The summed E-state index contributed by atoms with van der Waals surface area (Å²) in [5.74, 6) is -0.254. The molecule has 6 nitrogen and oxygen atoms in total. The van der Waals surface area contributed by atoms with Crippen molar-refractivity contribution in [2.24, 2.45) is 0 Å². The van der Waals surface area contributed by atoms with Crippen LogP contribution >= 0.6 is 0 Å². The van der Waals surface area contributed by atoms with Crippen molar-refractivity contribution in [3.63, 3.8) is 0 Å². The summed E-state index contributed by atoms with van der Waals surface area (Å²) in [6, 6.07) is 21.2. The highest BCUT2D eigenvalue weighted by molar-refractivity contribution is 6.58. The van der Waals surface area contributed by atoms with E-state index in [1.54, 1.807) is 18.2 Å². The van der Waals surface area contributed by atoms with E-state index in [0.29, 0.717) is 22.9 Å². The lowest BCUT2D eigenvalue weighted by atomic mass is 9.80. The van der Waals surface area contributed by atoms with E-state index in [4.69, 9.17) is 10.0 Å². The number of benzene rings is 3. The first-order chi connectivity index (χ1) is 14.5. The number of carbonyl (C=O) groups is 3. The number of esters is 1. The van der Waals surface area contributed by atoms with E-state index in [-0.39, 0.29) is 12.4 Å². The van der Waals surface area contributed by atoms with Gasteiger partial charge in [0.1, 0.15) is 12.6 Å². The van der Waals surface area contributed by atoms with Crippen LogP contribution in [0, 0.1) is 0 Å². The van der Waals surface area contributed by atoms with Gasteiger partial charge in [0.05, 0.1) is 13.5 Å². The van der Waals surface area contributed by atoms with Gasteiger partial charge in [0.2, 0.25) is 0 Å². The normalized spacial score (nSPS) is 9.70. The van der Waals surface area contributed by atoms with Gasteiger partial charge in [-0.2, -0.15) is 0 Å². The van der Waals surface area contributed by atoms with Crippen molar-refractivity contribution in [3.8, 4) is 11.1 Å². The summed E-state index contributed by atoms with van der Waals surface area (Å²) in [7, 11) is -0.128. The molecular weight excluding hydrogens is 383 g/mol. The molecule has 7 heteroatoms. The average Bonchev–Trinajstić information content (AvgIpc) is 2.80. The second-order valence-corrected chi connectivity index (χ2v) is 6.35. The van der Waals surface area contributed by atoms with Gasteiger partial charge in [-0.25, -0.2) is 0 Å². The summed E-state index contributed by atoms with van der Waals surface area (Å²) in [5.41, 5.74) is 4.31. The zero-order valence-corrected chi connectivity index (χ0v) is 16.4. The van der Waals surface area contributed by atoms with Crippen molar-refractivity contribution in [1.29, 1.82) is 0 Å². The second kappa shape index (κ2) is 11.5. The molecule has 0 heterocycles. The first-order valence-corrected chi connectivity index (χ1v) is 9.09. The van der Waals surface area contributed by atoms with Gasteiger partial charge in [0.15, 0.2) is 0 Å². The molecule has 0 aliphatic rings.